The fraction of sp³-hybridized carbons (Fsp3) is 0.500. The quantitative estimate of drug-likeness (QED) is 0.873. The Morgan fingerprint density at radius 3 is 2.83 bits per heavy atom. The highest BCUT2D eigenvalue weighted by molar-refractivity contribution is 9.10. The molecule has 0 radical (unpaired) electrons. The van der Waals surface area contributed by atoms with Crippen LogP contribution >= 0.6 is 27.5 Å². The maximum Gasteiger partial charge on any atom is 0.253 e. The van der Waals surface area contributed by atoms with Crippen molar-refractivity contribution in [1.29, 1.82) is 0 Å². The number of carbonyl (C=O) groups is 1. The number of amides is 1. The van der Waals surface area contributed by atoms with Crippen LogP contribution in [0.2, 0.25) is 5.02 Å². The first-order valence-corrected chi connectivity index (χ1v) is 7.57. The van der Waals surface area contributed by atoms with Crippen LogP contribution in [-0.2, 0) is 0 Å². The van der Waals surface area contributed by atoms with Gasteiger partial charge in [0.15, 0.2) is 0 Å². The monoisotopic (exact) mass is 327 g/mol. The number of hydrogen-bond donors (Lipinski definition) is 1. The topological polar surface area (TPSA) is 29.1 Å². The second-order valence-corrected chi connectivity index (χ2v) is 6.59. The van der Waals surface area contributed by atoms with Crippen molar-refractivity contribution in [3.05, 3.63) is 33.3 Å². The molecule has 1 aromatic carbocycles. The van der Waals surface area contributed by atoms with Gasteiger partial charge in [-0.25, -0.2) is 0 Å². The van der Waals surface area contributed by atoms with Crippen molar-refractivity contribution in [1.82, 2.24) is 5.32 Å². The van der Waals surface area contributed by atoms with E-state index in [1.165, 1.54) is 19.3 Å². The summed E-state index contributed by atoms with van der Waals surface area (Å²) in [6.07, 6.45) is 5.04. The van der Waals surface area contributed by atoms with Crippen LogP contribution in [0, 0.1) is 11.8 Å². The van der Waals surface area contributed by atoms with Crippen LogP contribution in [-0.4, -0.2) is 11.9 Å². The zero-order valence-corrected chi connectivity index (χ0v) is 12.3. The summed E-state index contributed by atoms with van der Waals surface area (Å²) < 4.78 is 0.768. The van der Waals surface area contributed by atoms with Crippen molar-refractivity contribution in [3.63, 3.8) is 0 Å². The lowest BCUT2D eigenvalue weighted by Crippen LogP contribution is -2.38. The lowest BCUT2D eigenvalue weighted by molar-refractivity contribution is 0.0923. The number of carbonyl (C=O) groups excluding carboxylic acids is 1. The molecule has 18 heavy (non-hydrogen) atoms. The summed E-state index contributed by atoms with van der Waals surface area (Å²) in [6.45, 7) is 0. The second kappa shape index (κ2) is 4.86. The molecule has 1 amide bonds. The minimum absolute atomic E-state index is 0.0427. The van der Waals surface area contributed by atoms with Gasteiger partial charge in [-0.05, 0) is 59.2 Å². The third-order valence-corrected chi connectivity index (χ3v) is 5.55. The molecule has 3 rings (SSSR count). The maximum absolute atomic E-state index is 12.2. The largest absolute Gasteiger partial charge is 0.349 e. The lowest BCUT2D eigenvalue weighted by Gasteiger charge is -2.23. The molecule has 3 unspecified atom stereocenters. The average Bonchev–Trinajstić information content (AvgIpc) is 2.94. The molecule has 0 spiro atoms. The smallest absolute Gasteiger partial charge is 0.253 e. The fourth-order valence-electron chi connectivity index (χ4n) is 3.35. The summed E-state index contributed by atoms with van der Waals surface area (Å²) in [4.78, 5) is 12.2. The van der Waals surface area contributed by atoms with Crippen LogP contribution < -0.4 is 5.32 Å². The van der Waals surface area contributed by atoms with Gasteiger partial charge in [0.05, 0.1) is 10.6 Å². The van der Waals surface area contributed by atoms with E-state index in [0.717, 1.165) is 16.8 Å². The van der Waals surface area contributed by atoms with E-state index in [-0.39, 0.29) is 5.91 Å². The van der Waals surface area contributed by atoms with Crippen molar-refractivity contribution in [2.24, 2.45) is 11.8 Å². The Kier molecular flexibility index (Phi) is 3.37. The molecule has 0 aliphatic heterocycles. The highest BCUT2D eigenvalue weighted by atomic mass is 79.9. The first kappa shape index (κ1) is 12.5. The average molecular weight is 329 g/mol. The molecular weight excluding hydrogens is 314 g/mol. The Morgan fingerprint density at radius 2 is 2.17 bits per heavy atom. The molecule has 1 aromatic rings. The van der Waals surface area contributed by atoms with E-state index in [4.69, 9.17) is 11.6 Å². The first-order valence-electron chi connectivity index (χ1n) is 6.40. The van der Waals surface area contributed by atoms with Gasteiger partial charge in [-0.2, -0.15) is 0 Å². The Morgan fingerprint density at radius 1 is 1.33 bits per heavy atom. The van der Waals surface area contributed by atoms with Crippen LogP contribution in [0.4, 0.5) is 0 Å². The Balaban J connectivity index is 1.73. The van der Waals surface area contributed by atoms with E-state index in [1.807, 2.05) is 12.1 Å². The summed E-state index contributed by atoms with van der Waals surface area (Å²) >= 11 is 9.49. The van der Waals surface area contributed by atoms with Gasteiger partial charge in [-0.15, -0.1) is 0 Å². The predicted octanol–water partition coefficient (Wildman–Crippen LogP) is 4.02. The van der Waals surface area contributed by atoms with Gasteiger partial charge < -0.3 is 5.32 Å². The summed E-state index contributed by atoms with van der Waals surface area (Å²) in [5, 5.41) is 3.65. The molecule has 1 N–H and O–H groups in total. The molecule has 4 heteroatoms. The minimum Gasteiger partial charge on any atom is -0.349 e. The number of halogens is 2. The van der Waals surface area contributed by atoms with Gasteiger partial charge >= 0.3 is 0 Å². The van der Waals surface area contributed by atoms with Crippen molar-refractivity contribution < 1.29 is 4.79 Å². The van der Waals surface area contributed by atoms with Crippen LogP contribution in [0.5, 0.6) is 0 Å². The van der Waals surface area contributed by atoms with E-state index in [2.05, 4.69) is 21.2 Å². The summed E-state index contributed by atoms with van der Waals surface area (Å²) in [6, 6.07) is 5.81. The van der Waals surface area contributed by atoms with Gasteiger partial charge in [0.25, 0.3) is 5.91 Å². The van der Waals surface area contributed by atoms with E-state index < -0.39 is 0 Å². The molecule has 2 saturated carbocycles. The normalized spacial score (nSPS) is 29.6. The predicted molar refractivity (Wildman–Crippen MR) is 75.9 cm³/mol. The van der Waals surface area contributed by atoms with Crippen molar-refractivity contribution in [3.8, 4) is 0 Å². The molecule has 0 heterocycles. The standard InChI is InChI=1S/C14H15BrClNO/c15-11-3-1-2-10(13(11)16)14(18)17-12-7-8-4-5-9(12)6-8/h1-3,8-9,12H,4-7H2,(H,17,18). The Bertz CT molecular complexity index is 491. The lowest BCUT2D eigenvalue weighted by atomic mass is 9.95. The van der Waals surface area contributed by atoms with Crippen LogP contribution in [0.1, 0.15) is 36.0 Å². The van der Waals surface area contributed by atoms with E-state index in [9.17, 15) is 4.79 Å². The minimum atomic E-state index is -0.0427. The van der Waals surface area contributed by atoms with Crippen LogP contribution in [0.25, 0.3) is 0 Å². The third-order valence-electron chi connectivity index (χ3n) is 4.25. The van der Waals surface area contributed by atoms with E-state index >= 15 is 0 Å². The van der Waals surface area contributed by atoms with Crippen molar-refractivity contribution >= 4 is 33.4 Å². The van der Waals surface area contributed by atoms with Crippen LogP contribution in [0.15, 0.2) is 22.7 Å². The van der Waals surface area contributed by atoms with E-state index in [1.54, 1.807) is 6.07 Å². The van der Waals surface area contributed by atoms with E-state index in [0.29, 0.717) is 22.5 Å². The molecule has 2 fully saturated rings. The Hall–Kier alpha value is -0.540. The molecule has 0 saturated heterocycles. The SMILES string of the molecule is O=C(NC1CC2CCC1C2)c1cccc(Br)c1Cl. The number of nitrogens with one attached hydrogen (secondary N) is 1. The number of hydrogen-bond acceptors (Lipinski definition) is 1. The Labute approximate surface area is 120 Å². The van der Waals surface area contributed by atoms with Gasteiger partial charge in [0, 0.05) is 10.5 Å². The van der Waals surface area contributed by atoms with Gasteiger partial charge in [-0.3, -0.25) is 4.79 Å². The number of benzene rings is 1. The number of fused-ring (bicyclic) bond motifs is 2. The highest BCUT2D eigenvalue weighted by Crippen LogP contribution is 2.44. The van der Waals surface area contributed by atoms with Gasteiger partial charge in [0.2, 0.25) is 0 Å². The first-order chi connectivity index (χ1) is 8.65. The zero-order valence-electron chi connectivity index (χ0n) is 9.96. The molecular formula is C14H15BrClNO. The molecule has 2 nitrogen and oxygen atoms in total. The summed E-state index contributed by atoms with van der Waals surface area (Å²) in [5.74, 6) is 1.47. The zero-order chi connectivity index (χ0) is 12.7. The molecule has 3 atom stereocenters. The molecule has 2 aliphatic rings. The van der Waals surface area contributed by atoms with Gasteiger partial charge in [-0.1, -0.05) is 24.1 Å². The third kappa shape index (κ3) is 2.19. The van der Waals surface area contributed by atoms with Crippen molar-refractivity contribution in [2.75, 3.05) is 0 Å². The second-order valence-electron chi connectivity index (χ2n) is 5.36. The van der Waals surface area contributed by atoms with Gasteiger partial charge in [0.1, 0.15) is 0 Å². The summed E-state index contributed by atoms with van der Waals surface area (Å²) in [7, 11) is 0. The maximum atomic E-state index is 12.2. The fourth-order valence-corrected chi connectivity index (χ4v) is 3.92. The molecule has 96 valence electrons. The van der Waals surface area contributed by atoms with Crippen LogP contribution in [0.3, 0.4) is 0 Å². The summed E-state index contributed by atoms with van der Waals surface area (Å²) in [5.41, 5.74) is 0.564. The molecule has 2 bridgehead atoms. The molecule has 0 aromatic heterocycles. The van der Waals surface area contributed by atoms with Crippen molar-refractivity contribution in [2.45, 2.75) is 31.7 Å². The number of rotatable bonds is 2. The highest BCUT2D eigenvalue weighted by Gasteiger charge is 2.40. The molecule has 2 aliphatic carbocycles.